The third-order valence-electron chi connectivity index (χ3n) is 4.04. The SMILES string of the molecule is CCNC(=O)Nc1nc(-c2ccccc2F)c2nc(-c3nnc[nH]3)n(C)c2n1. The minimum atomic E-state index is -0.460. The Labute approximate surface area is 158 Å². The zero-order valence-corrected chi connectivity index (χ0v) is 15.1. The molecule has 0 fully saturated rings. The van der Waals surface area contributed by atoms with Gasteiger partial charge in [0.15, 0.2) is 17.3 Å². The number of carbonyl (C=O) groups is 1. The third-order valence-corrected chi connectivity index (χ3v) is 4.04. The third kappa shape index (κ3) is 3.02. The summed E-state index contributed by atoms with van der Waals surface area (Å²) in [6.07, 6.45) is 1.43. The molecule has 0 radical (unpaired) electrons. The highest BCUT2D eigenvalue weighted by atomic mass is 19.1. The summed E-state index contributed by atoms with van der Waals surface area (Å²) < 4.78 is 16.1. The van der Waals surface area contributed by atoms with Gasteiger partial charge in [0.1, 0.15) is 23.4 Å². The van der Waals surface area contributed by atoms with E-state index in [9.17, 15) is 9.18 Å². The number of amides is 2. The van der Waals surface area contributed by atoms with E-state index in [0.29, 0.717) is 29.4 Å². The number of H-pyrrole nitrogens is 1. The normalized spacial score (nSPS) is 11.0. The number of halogens is 1. The number of hydrogen-bond acceptors (Lipinski definition) is 6. The van der Waals surface area contributed by atoms with Gasteiger partial charge in [-0.15, -0.1) is 10.2 Å². The summed E-state index contributed by atoms with van der Waals surface area (Å²) in [5.74, 6) is 0.454. The van der Waals surface area contributed by atoms with E-state index in [1.807, 2.05) is 0 Å². The molecule has 0 saturated carbocycles. The van der Waals surface area contributed by atoms with Crippen molar-refractivity contribution in [2.45, 2.75) is 6.92 Å². The van der Waals surface area contributed by atoms with E-state index in [-0.39, 0.29) is 17.2 Å². The molecular weight excluding hydrogens is 365 g/mol. The van der Waals surface area contributed by atoms with Crippen molar-refractivity contribution < 1.29 is 9.18 Å². The minimum absolute atomic E-state index is 0.0313. The number of nitrogens with one attached hydrogen (secondary N) is 3. The first-order valence-corrected chi connectivity index (χ1v) is 8.49. The Morgan fingerprint density at radius 2 is 2.07 bits per heavy atom. The molecule has 142 valence electrons. The molecule has 0 atom stereocenters. The van der Waals surface area contributed by atoms with Crippen molar-refractivity contribution in [3.8, 4) is 22.9 Å². The zero-order chi connectivity index (χ0) is 19.7. The monoisotopic (exact) mass is 381 g/mol. The van der Waals surface area contributed by atoms with Crippen LogP contribution in [0.1, 0.15) is 6.92 Å². The Kier molecular flexibility index (Phi) is 4.39. The molecule has 0 aliphatic rings. The van der Waals surface area contributed by atoms with Crippen LogP contribution in [-0.2, 0) is 7.05 Å². The van der Waals surface area contributed by atoms with Crippen LogP contribution in [0.15, 0.2) is 30.6 Å². The molecule has 0 unspecified atom stereocenters. The number of hydrogen-bond donors (Lipinski definition) is 3. The van der Waals surface area contributed by atoms with Gasteiger partial charge in [0.2, 0.25) is 5.95 Å². The van der Waals surface area contributed by atoms with Crippen molar-refractivity contribution in [2.75, 3.05) is 11.9 Å². The maximum Gasteiger partial charge on any atom is 0.321 e. The second-order valence-corrected chi connectivity index (χ2v) is 5.86. The van der Waals surface area contributed by atoms with Gasteiger partial charge >= 0.3 is 6.03 Å². The molecule has 0 aliphatic carbocycles. The van der Waals surface area contributed by atoms with Gasteiger partial charge in [0, 0.05) is 19.2 Å². The molecule has 28 heavy (non-hydrogen) atoms. The number of aromatic nitrogens is 7. The zero-order valence-electron chi connectivity index (χ0n) is 15.1. The summed E-state index contributed by atoms with van der Waals surface area (Å²) in [6.45, 7) is 2.23. The lowest BCUT2D eigenvalue weighted by Crippen LogP contribution is -2.29. The van der Waals surface area contributed by atoms with Gasteiger partial charge in [-0.1, -0.05) is 12.1 Å². The first-order valence-electron chi connectivity index (χ1n) is 8.49. The molecule has 0 saturated heterocycles. The number of benzene rings is 1. The van der Waals surface area contributed by atoms with Gasteiger partial charge in [-0.25, -0.2) is 19.2 Å². The molecule has 3 aromatic heterocycles. The Morgan fingerprint density at radius 1 is 1.25 bits per heavy atom. The molecule has 3 N–H and O–H groups in total. The molecular formula is C17H16FN9O. The molecule has 1 aromatic carbocycles. The average Bonchev–Trinajstić information content (AvgIpc) is 3.31. The van der Waals surface area contributed by atoms with E-state index < -0.39 is 11.8 Å². The number of aromatic amines is 1. The Bertz CT molecular complexity index is 1150. The van der Waals surface area contributed by atoms with E-state index in [0.717, 1.165) is 0 Å². The van der Waals surface area contributed by atoms with Crippen LogP contribution in [0.2, 0.25) is 0 Å². The molecule has 0 aliphatic heterocycles. The number of fused-ring (bicyclic) bond motifs is 1. The second kappa shape index (κ2) is 7.02. The maximum atomic E-state index is 14.5. The van der Waals surface area contributed by atoms with Crippen LogP contribution in [0.4, 0.5) is 15.1 Å². The van der Waals surface area contributed by atoms with E-state index >= 15 is 0 Å². The lowest BCUT2D eigenvalue weighted by Gasteiger charge is -2.08. The van der Waals surface area contributed by atoms with Gasteiger partial charge in [0.25, 0.3) is 0 Å². The van der Waals surface area contributed by atoms with Crippen molar-refractivity contribution in [1.82, 2.24) is 40.0 Å². The highest BCUT2D eigenvalue weighted by molar-refractivity contribution is 5.93. The Balaban J connectivity index is 1.95. The maximum absolute atomic E-state index is 14.5. The fourth-order valence-corrected chi connectivity index (χ4v) is 2.79. The molecule has 10 nitrogen and oxygen atoms in total. The molecule has 4 rings (SSSR count). The quantitative estimate of drug-likeness (QED) is 0.497. The fraction of sp³-hybridized carbons (Fsp3) is 0.176. The topological polar surface area (TPSA) is 126 Å². The minimum Gasteiger partial charge on any atom is -0.338 e. The van der Waals surface area contributed by atoms with Crippen molar-refractivity contribution in [2.24, 2.45) is 7.05 Å². The standard InChI is InChI=1S/C17H16FN9O/c1-3-19-17(28)25-16-23-11(9-6-4-5-7-10(9)18)12-14(24-16)27(2)15(22-12)13-20-8-21-26-13/h4-8H,3H2,1-2H3,(H,20,21,26)(H2,19,23,24,25,28). The van der Waals surface area contributed by atoms with Crippen LogP contribution < -0.4 is 10.6 Å². The van der Waals surface area contributed by atoms with Crippen LogP contribution >= 0.6 is 0 Å². The molecule has 11 heteroatoms. The number of urea groups is 1. The lowest BCUT2D eigenvalue weighted by atomic mass is 10.1. The number of imidazole rings is 1. The van der Waals surface area contributed by atoms with E-state index in [1.54, 1.807) is 36.7 Å². The molecule has 3 heterocycles. The number of nitrogens with zero attached hydrogens (tertiary/aromatic N) is 6. The first kappa shape index (κ1) is 17.5. The van der Waals surface area contributed by atoms with Crippen LogP contribution in [0.25, 0.3) is 34.1 Å². The van der Waals surface area contributed by atoms with Gasteiger partial charge in [0.05, 0.1) is 0 Å². The molecule has 4 aromatic rings. The predicted molar refractivity (Wildman–Crippen MR) is 99.8 cm³/mol. The van der Waals surface area contributed by atoms with Crippen LogP contribution in [0.5, 0.6) is 0 Å². The van der Waals surface area contributed by atoms with Crippen LogP contribution in [0.3, 0.4) is 0 Å². The second-order valence-electron chi connectivity index (χ2n) is 5.86. The average molecular weight is 381 g/mol. The van der Waals surface area contributed by atoms with Gasteiger partial charge in [-0.2, -0.15) is 4.98 Å². The molecule has 0 spiro atoms. The van der Waals surface area contributed by atoms with E-state index in [1.165, 1.54) is 12.4 Å². The first-order chi connectivity index (χ1) is 13.6. The highest BCUT2D eigenvalue weighted by Crippen LogP contribution is 2.30. The molecule has 2 amide bonds. The van der Waals surface area contributed by atoms with E-state index in [2.05, 4.69) is 40.8 Å². The Hall–Kier alpha value is -3.89. The summed E-state index contributed by atoms with van der Waals surface area (Å²) in [4.78, 5) is 28.1. The summed E-state index contributed by atoms with van der Waals surface area (Å²) in [5, 5.41) is 12.9. The van der Waals surface area contributed by atoms with Crippen molar-refractivity contribution >= 4 is 23.1 Å². The number of rotatable bonds is 4. The Morgan fingerprint density at radius 3 is 2.79 bits per heavy atom. The van der Waals surface area contributed by atoms with Crippen LogP contribution in [0, 0.1) is 5.82 Å². The van der Waals surface area contributed by atoms with Gasteiger partial charge in [-0.05, 0) is 19.1 Å². The summed E-state index contributed by atoms with van der Waals surface area (Å²) >= 11 is 0. The number of carbonyl (C=O) groups excluding carboxylic acids is 1. The van der Waals surface area contributed by atoms with Crippen molar-refractivity contribution in [3.63, 3.8) is 0 Å². The predicted octanol–water partition coefficient (Wildman–Crippen LogP) is 2.10. The van der Waals surface area contributed by atoms with Gasteiger partial charge < -0.3 is 14.9 Å². The summed E-state index contributed by atoms with van der Waals surface area (Å²) in [5.41, 5.74) is 1.29. The summed E-state index contributed by atoms with van der Waals surface area (Å²) in [7, 11) is 1.74. The molecule has 0 bridgehead atoms. The largest absolute Gasteiger partial charge is 0.338 e. The van der Waals surface area contributed by atoms with Crippen molar-refractivity contribution in [1.29, 1.82) is 0 Å². The van der Waals surface area contributed by atoms with Crippen molar-refractivity contribution in [3.05, 3.63) is 36.4 Å². The summed E-state index contributed by atoms with van der Waals surface area (Å²) in [6, 6.07) is 5.75. The smallest absolute Gasteiger partial charge is 0.321 e. The van der Waals surface area contributed by atoms with Crippen LogP contribution in [-0.4, -0.2) is 47.3 Å². The number of anilines is 1. The highest BCUT2D eigenvalue weighted by Gasteiger charge is 2.21. The number of aryl methyl sites for hydroxylation is 1. The van der Waals surface area contributed by atoms with E-state index in [4.69, 9.17) is 0 Å². The van der Waals surface area contributed by atoms with Gasteiger partial charge in [-0.3, -0.25) is 5.32 Å². The fourth-order valence-electron chi connectivity index (χ4n) is 2.79. The lowest BCUT2D eigenvalue weighted by molar-refractivity contribution is 0.252.